The highest BCUT2D eigenvalue weighted by Crippen LogP contribution is 2.19. The smallest absolute Gasteiger partial charge is 0.264 e. The molecule has 1 amide bonds. The topological polar surface area (TPSA) is 113 Å². The largest absolute Gasteiger partial charge is 0.335 e. The predicted molar refractivity (Wildman–Crippen MR) is 91.9 cm³/mol. The van der Waals surface area contributed by atoms with Crippen LogP contribution in [0.15, 0.2) is 35.4 Å². The number of sulfone groups is 1. The van der Waals surface area contributed by atoms with E-state index in [1.807, 2.05) is 0 Å². The van der Waals surface area contributed by atoms with Gasteiger partial charge in [-0.3, -0.25) is 14.6 Å². The Morgan fingerprint density at radius 3 is 2.72 bits per heavy atom. The number of aromatic nitrogens is 3. The summed E-state index contributed by atoms with van der Waals surface area (Å²) in [6.07, 6.45) is 3.18. The molecule has 1 aliphatic rings. The third kappa shape index (κ3) is 3.60. The molecule has 132 valence electrons. The van der Waals surface area contributed by atoms with E-state index in [1.54, 1.807) is 31.3 Å². The van der Waals surface area contributed by atoms with Crippen molar-refractivity contribution in [1.29, 1.82) is 0 Å². The lowest BCUT2D eigenvalue weighted by molar-refractivity contribution is 0.0706. The summed E-state index contributed by atoms with van der Waals surface area (Å²) in [5.74, 6) is -0.238. The summed E-state index contributed by atoms with van der Waals surface area (Å²) >= 11 is 0. The fourth-order valence-corrected chi connectivity index (χ4v) is 4.65. The van der Waals surface area contributed by atoms with Gasteiger partial charge in [0.25, 0.3) is 11.5 Å². The van der Waals surface area contributed by atoms with E-state index >= 15 is 0 Å². The Labute approximate surface area is 144 Å². The zero-order valence-electron chi connectivity index (χ0n) is 13.7. The van der Waals surface area contributed by atoms with Gasteiger partial charge in [0.05, 0.1) is 11.5 Å². The van der Waals surface area contributed by atoms with Gasteiger partial charge in [0.1, 0.15) is 11.3 Å². The van der Waals surface area contributed by atoms with E-state index in [0.29, 0.717) is 18.7 Å². The van der Waals surface area contributed by atoms with Crippen LogP contribution in [0, 0.1) is 0 Å². The Kier molecular flexibility index (Phi) is 4.67. The minimum absolute atomic E-state index is 0.0642. The van der Waals surface area contributed by atoms with Crippen LogP contribution in [0.3, 0.4) is 0 Å². The maximum absolute atomic E-state index is 12.7. The van der Waals surface area contributed by atoms with Gasteiger partial charge in [-0.15, -0.1) is 0 Å². The number of amides is 1. The first kappa shape index (κ1) is 17.3. The van der Waals surface area contributed by atoms with Gasteiger partial charge in [0.2, 0.25) is 0 Å². The summed E-state index contributed by atoms with van der Waals surface area (Å²) in [6.45, 7) is 2.08. The van der Waals surface area contributed by atoms with E-state index in [-0.39, 0.29) is 22.9 Å². The molecular formula is C16H18N4O4S. The number of pyridine rings is 1. The van der Waals surface area contributed by atoms with Gasteiger partial charge in [0, 0.05) is 25.0 Å². The van der Waals surface area contributed by atoms with Crippen molar-refractivity contribution in [3.05, 3.63) is 46.5 Å². The number of aromatic amines is 1. The molecule has 0 bridgehead atoms. The standard InChI is InChI=1S/C16H18N4O4S/c1-2-20(11-6-8-25(23,24)10-11)16(22)12-9-18-14(19-15(12)21)13-5-3-4-7-17-13/h3-5,7,9,11H,2,6,8,10H2,1H3,(H,18,19,21). The molecule has 2 aromatic heterocycles. The molecule has 0 spiro atoms. The van der Waals surface area contributed by atoms with E-state index in [1.165, 1.54) is 11.1 Å². The van der Waals surface area contributed by atoms with Crippen molar-refractivity contribution in [3.63, 3.8) is 0 Å². The molecule has 1 saturated heterocycles. The number of hydrogen-bond acceptors (Lipinski definition) is 6. The molecule has 3 rings (SSSR count). The summed E-state index contributed by atoms with van der Waals surface area (Å²) in [5.41, 5.74) is -0.182. The molecule has 8 nitrogen and oxygen atoms in total. The SMILES string of the molecule is CCN(C(=O)c1cnc(-c2ccccn2)[nH]c1=O)C1CCS(=O)(=O)C1. The first-order chi connectivity index (χ1) is 11.9. The highest BCUT2D eigenvalue weighted by Gasteiger charge is 2.35. The average molecular weight is 362 g/mol. The summed E-state index contributed by atoms with van der Waals surface area (Å²) in [4.78, 5) is 37.2. The summed E-state index contributed by atoms with van der Waals surface area (Å²) < 4.78 is 23.3. The quantitative estimate of drug-likeness (QED) is 0.846. The zero-order chi connectivity index (χ0) is 18.0. The van der Waals surface area contributed by atoms with Crippen LogP contribution in [0.25, 0.3) is 11.5 Å². The molecule has 25 heavy (non-hydrogen) atoms. The molecule has 1 atom stereocenters. The van der Waals surface area contributed by atoms with Gasteiger partial charge >= 0.3 is 0 Å². The van der Waals surface area contributed by atoms with Crippen LogP contribution in [-0.4, -0.2) is 58.3 Å². The zero-order valence-corrected chi connectivity index (χ0v) is 14.5. The highest BCUT2D eigenvalue weighted by molar-refractivity contribution is 7.91. The minimum Gasteiger partial charge on any atom is -0.335 e. The molecule has 1 N–H and O–H groups in total. The van der Waals surface area contributed by atoms with Gasteiger partial charge in [-0.1, -0.05) is 6.07 Å². The molecule has 2 aromatic rings. The number of carbonyl (C=O) groups excluding carboxylic acids is 1. The minimum atomic E-state index is -3.12. The van der Waals surface area contributed by atoms with Gasteiger partial charge in [0.15, 0.2) is 15.7 Å². The van der Waals surface area contributed by atoms with Gasteiger partial charge in [-0.2, -0.15) is 0 Å². The van der Waals surface area contributed by atoms with Crippen LogP contribution in [0.5, 0.6) is 0 Å². The van der Waals surface area contributed by atoms with Crippen LogP contribution < -0.4 is 5.56 Å². The number of nitrogens with one attached hydrogen (secondary N) is 1. The first-order valence-corrected chi connectivity index (χ1v) is 9.75. The monoisotopic (exact) mass is 362 g/mol. The molecule has 0 saturated carbocycles. The van der Waals surface area contributed by atoms with E-state index in [0.717, 1.165) is 0 Å². The second-order valence-corrected chi connectivity index (χ2v) is 8.07. The Morgan fingerprint density at radius 1 is 1.36 bits per heavy atom. The number of carbonyl (C=O) groups is 1. The van der Waals surface area contributed by atoms with Crippen LogP contribution in [0.2, 0.25) is 0 Å². The summed E-state index contributed by atoms with van der Waals surface area (Å²) in [7, 11) is -3.12. The molecule has 1 aliphatic heterocycles. The average Bonchev–Trinajstić information content (AvgIpc) is 2.95. The van der Waals surface area contributed by atoms with Crippen molar-refractivity contribution >= 4 is 15.7 Å². The molecular weight excluding hydrogens is 344 g/mol. The highest BCUT2D eigenvalue weighted by atomic mass is 32.2. The first-order valence-electron chi connectivity index (χ1n) is 7.93. The molecule has 0 radical (unpaired) electrons. The molecule has 0 aliphatic carbocycles. The number of nitrogens with zero attached hydrogens (tertiary/aromatic N) is 3. The van der Waals surface area contributed by atoms with Gasteiger partial charge in [-0.25, -0.2) is 13.4 Å². The summed E-state index contributed by atoms with van der Waals surface area (Å²) in [6, 6.07) is 4.80. The Balaban J connectivity index is 1.88. The predicted octanol–water partition coefficient (Wildman–Crippen LogP) is 0.481. The Hall–Kier alpha value is -2.55. The molecule has 1 fully saturated rings. The van der Waals surface area contributed by atoms with Crippen molar-refractivity contribution in [2.45, 2.75) is 19.4 Å². The number of rotatable bonds is 4. The van der Waals surface area contributed by atoms with Crippen molar-refractivity contribution in [1.82, 2.24) is 19.9 Å². The van der Waals surface area contributed by atoms with Crippen molar-refractivity contribution in [2.75, 3.05) is 18.1 Å². The molecule has 0 aromatic carbocycles. The molecule has 9 heteroatoms. The molecule has 1 unspecified atom stereocenters. The van der Waals surface area contributed by atoms with Gasteiger partial charge in [-0.05, 0) is 25.5 Å². The maximum Gasteiger partial charge on any atom is 0.264 e. The molecule has 3 heterocycles. The van der Waals surface area contributed by atoms with E-state index in [2.05, 4.69) is 15.0 Å². The van der Waals surface area contributed by atoms with E-state index in [4.69, 9.17) is 0 Å². The Bertz CT molecular complexity index is 940. The van der Waals surface area contributed by atoms with E-state index < -0.39 is 27.3 Å². The van der Waals surface area contributed by atoms with E-state index in [9.17, 15) is 18.0 Å². The van der Waals surface area contributed by atoms with Crippen molar-refractivity contribution in [3.8, 4) is 11.5 Å². The lowest BCUT2D eigenvalue weighted by Crippen LogP contribution is -2.43. The third-order valence-corrected chi connectivity index (χ3v) is 5.94. The fourth-order valence-electron chi connectivity index (χ4n) is 2.92. The number of hydrogen-bond donors (Lipinski definition) is 1. The third-order valence-electron chi connectivity index (χ3n) is 4.19. The maximum atomic E-state index is 12.7. The van der Waals surface area contributed by atoms with Crippen molar-refractivity contribution in [2.24, 2.45) is 0 Å². The van der Waals surface area contributed by atoms with Crippen LogP contribution in [0.1, 0.15) is 23.7 Å². The second-order valence-electron chi connectivity index (χ2n) is 5.84. The lowest BCUT2D eigenvalue weighted by Gasteiger charge is -2.26. The van der Waals surface area contributed by atoms with Crippen LogP contribution >= 0.6 is 0 Å². The fraction of sp³-hybridized carbons (Fsp3) is 0.375. The summed E-state index contributed by atoms with van der Waals surface area (Å²) in [5, 5.41) is 0. The number of H-pyrrole nitrogens is 1. The Morgan fingerprint density at radius 2 is 2.16 bits per heavy atom. The van der Waals surface area contributed by atoms with Crippen molar-refractivity contribution < 1.29 is 13.2 Å². The van der Waals surface area contributed by atoms with Crippen LogP contribution in [0.4, 0.5) is 0 Å². The lowest BCUT2D eigenvalue weighted by atomic mass is 10.2. The second kappa shape index (κ2) is 6.75. The van der Waals surface area contributed by atoms with Gasteiger partial charge < -0.3 is 9.88 Å². The normalized spacial score (nSPS) is 18.8. The van der Waals surface area contributed by atoms with Crippen LogP contribution in [-0.2, 0) is 9.84 Å².